The Bertz CT molecular complexity index is 716. The minimum Gasteiger partial charge on any atom is -0.455 e. The van der Waals surface area contributed by atoms with Gasteiger partial charge in [-0.1, -0.05) is 30.3 Å². The summed E-state index contributed by atoms with van der Waals surface area (Å²) in [7, 11) is 1.91. The molecule has 0 unspecified atom stereocenters. The van der Waals surface area contributed by atoms with Gasteiger partial charge in [0.05, 0.1) is 5.75 Å². The number of benzene rings is 1. The van der Waals surface area contributed by atoms with E-state index in [0.717, 1.165) is 56.8 Å². The van der Waals surface area contributed by atoms with Gasteiger partial charge in [-0.3, -0.25) is 4.79 Å². The van der Waals surface area contributed by atoms with Crippen LogP contribution in [0, 0.1) is 0 Å². The van der Waals surface area contributed by atoms with Gasteiger partial charge in [0.2, 0.25) is 0 Å². The molecule has 1 aromatic heterocycles. The zero-order valence-electron chi connectivity index (χ0n) is 16.4. The van der Waals surface area contributed by atoms with Gasteiger partial charge >= 0.3 is 0 Å². The number of amides is 1. The maximum absolute atomic E-state index is 12.8. The van der Waals surface area contributed by atoms with Crippen molar-refractivity contribution in [2.45, 2.75) is 37.5 Å². The van der Waals surface area contributed by atoms with Crippen LogP contribution in [0.4, 0.5) is 0 Å². The molecule has 27 heavy (non-hydrogen) atoms. The van der Waals surface area contributed by atoms with Gasteiger partial charge in [-0.05, 0) is 62.7 Å². The first-order valence-corrected chi connectivity index (χ1v) is 11.2. The topological polar surface area (TPSA) is 36.7 Å². The highest BCUT2D eigenvalue weighted by atomic mass is 32.2. The van der Waals surface area contributed by atoms with Gasteiger partial charge in [0.1, 0.15) is 5.76 Å². The molecule has 1 aromatic carbocycles. The number of carbonyl (C=O) groups excluding carboxylic acids is 1. The Morgan fingerprint density at radius 3 is 2.85 bits per heavy atom. The van der Waals surface area contributed by atoms with Crippen molar-refractivity contribution < 1.29 is 9.21 Å². The first-order chi connectivity index (χ1) is 13.2. The van der Waals surface area contributed by atoms with E-state index in [-0.39, 0.29) is 11.9 Å². The first kappa shape index (κ1) is 20.0. The number of piperidine rings is 1. The summed E-state index contributed by atoms with van der Waals surface area (Å²) < 4.78 is 5.71. The highest BCUT2D eigenvalue weighted by Crippen LogP contribution is 2.20. The second-order valence-corrected chi connectivity index (χ2v) is 8.17. The average Bonchev–Trinajstić information content (AvgIpc) is 3.17. The smallest absolute Gasteiger partial charge is 0.289 e. The number of hydrogen-bond donors (Lipinski definition) is 0. The normalized spacial score (nSPS) is 17.8. The number of hydrogen-bond acceptors (Lipinski definition) is 4. The molecule has 0 radical (unpaired) electrons. The zero-order chi connectivity index (χ0) is 19.1. The first-order valence-electron chi connectivity index (χ1n) is 9.78. The lowest BCUT2D eigenvalue weighted by Crippen LogP contribution is -2.48. The second-order valence-electron chi connectivity index (χ2n) is 7.30. The molecule has 0 aliphatic carbocycles. The Balaban J connectivity index is 1.49. The molecule has 4 nitrogen and oxygen atoms in total. The summed E-state index contributed by atoms with van der Waals surface area (Å²) in [4.78, 5) is 17.2. The molecule has 1 fully saturated rings. The van der Waals surface area contributed by atoms with Crippen molar-refractivity contribution >= 4 is 17.7 Å². The van der Waals surface area contributed by atoms with E-state index in [2.05, 4.69) is 35.2 Å². The van der Waals surface area contributed by atoms with Gasteiger partial charge in [-0.25, -0.2) is 0 Å². The number of nitrogens with zero attached hydrogens (tertiary/aromatic N) is 2. The van der Waals surface area contributed by atoms with E-state index in [0.29, 0.717) is 5.76 Å². The standard InChI is InChI=1S/C22H30N2O2S/c1-23(22(25)21-13-12-20(26-21)17-27-2)19-11-7-15-24(16-19)14-6-10-18-8-4-3-5-9-18/h3-5,8-9,12-13,19H,6-7,10-11,14-17H2,1-2H3/t19-/m1/s1. The van der Waals surface area contributed by atoms with E-state index in [9.17, 15) is 4.79 Å². The van der Waals surface area contributed by atoms with E-state index in [1.165, 1.54) is 5.56 Å². The minimum atomic E-state index is -0.00140. The summed E-state index contributed by atoms with van der Waals surface area (Å²) >= 11 is 1.70. The lowest BCUT2D eigenvalue weighted by molar-refractivity contribution is 0.0585. The fourth-order valence-corrected chi connectivity index (χ4v) is 4.19. The monoisotopic (exact) mass is 386 g/mol. The van der Waals surface area contributed by atoms with E-state index in [1.54, 1.807) is 11.8 Å². The summed E-state index contributed by atoms with van der Waals surface area (Å²) in [6, 6.07) is 14.6. The number of thioether (sulfide) groups is 1. The number of rotatable bonds is 8. The quantitative estimate of drug-likeness (QED) is 0.677. The summed E-state index contributed by atoms with van der Waals surface area (Å²) in [6.45, 7) is 3.17. The van der Waals surface area contributed by atoms with Crippen LogP contribution in [0.25, 0.3) is 0 Å². The van der Waals surface area contributed by atoms with E-state index in [1.807, 2.05) is 30.3 Å². The third-order valence-electron chi connectivity index (χ3n) is 5.29. The van der Waals surface area contributed by atoms with E-state index >= 15 is 0 Å². The van der Waals surface area contributed by atoms with Gasteiger partial charge in [0, 0.05) is 19.6 Å². The molecule has 146 valence electrons. The summed E-state index contributed by atoms with van der Waals surface area (Å²) in [6.07, 6.45) is 6.51. The molecular formula is C22H30N2O2S. The van der Waals surface area contributed by atoms with Crippen LogP contribution in [0.2, 0.25) is 0 Å². The molecule has 0 spiro atoms. The lowest BCUT2D eigenvalue weighted by atomic mass is 10.0. The van der Waals surface area contributed by atoms with Gasteiger partial charge in [0.25, 0.3) is 5.91 Å². The SMILES string of the molecule is CSCc1ccc(C(=O)N(C)[C@@H]2CCCN(CCCc3ccccc3)C2)o1. The van der Waals surface area contributed by atoms with Crippen LogP contribution in [-0.4, -0.2) is 54.7 Å². The van der Waals surface area contributed by atoms with Gasteiger partial charge in [0.15, 0.2) is 5.76 Å². The summed E-state index contributed by atoms with van der Waals surface area (Å²) in [5.41, 5.74) is 1.40. The predicted octanol–water partition coefficient (Wildman–Crippen LogP) is 4.31. The molecule has 1 saturated heterocycles. The van der Waals surface area contributed by atoms with Gasteiger partial charge < -0.3 is 14.2 Å². The Labute approximate surface area is 166 Å². The van der Waals surface area contributed by atoms with Crippen LogP contribution in [0.5, 0.6) is 0 Å². The number of likely N-dealkylation sites (N-methyl/N-ethyl adjacent to an activating group) is 1. The van der Waals surface area contributed by atoms with Crippen molar-refractivity contribution in [3.8, 4) is 0 Å². The third-order valence-corrected chi connectivity index (χ3v) is 5.86. The van der Waals surface area contributed by atoms with Gasteiger partial charge in [-0.15, -0.1) is 0 Å². The van der Waals surface area contributed by atoms with E-state index < -0.39 is 0 Å². The summed E-state index contributed by atoms with van der Waals surface area (Å²) in [5.74, 6) is 2.13. The van der Waals surface area contributed by atoms with Crippen molar-refractivity contribution in [3.63, 3.8) is 0 Å². The van der Waals surface area contributed by atoms with Crippen LogP contribution >= 0.6 is 11.8 Å². The van der Waals surface area contributed by atoms with Crippen molar-refractivity contribution in [2.24, 2.45) is 0 Å². The molecule has 2 aromatic rings. The molecule has 0 N–H and O–H groups in total. The molecule has 1 amide bonds. The number of likely N-dealkylation sites (tertiary alicyclic amines) is 1. The van der Waals surface area contributed by atoms with Crippen LogP contribution < -0.4 is 0 Å². The van der Waals surface area contributed by atoms with Crippen molar-refractivity contribution in [1.82, 2.24) is 9.80 Å². The minimum absolute atomic E-state index is 0.00140. The number of carbonyl (C=O) groups is 1. The molecule has 1 aliphatic heterocycles. The number of aryl methyl sites for hydroxylation is 1. The second kappa shape index (κ2) is 10.00. The lowest BCUT2D eigenvalue weighted by Gasteiger charge is -2.37. The van der Waals surface area contributed by atoms with Crippen molar-refractivity contribution in [3.05, 3.63) is 59.5 Å². The number of furan rings is 1. The molecule has 3 rings (SSSR count). The Kier molecular flexibility index (Phi) is 7.41. The zero-order valence-corrected chi connectivity index (χ0v) is 17.2. The van der Waals surface area contributed by atoms with Crippen LogP contribution in [0.15, 0.2) is 46.9 Å². The largest absolute Gasteiger partial charge is 0.455 e. The van der Waals surface area contributed by atoms with Gasteiger partial charge in [-0.2, -0.15) is 11.8 Å². The fourth-order valence-electron chi connectivity index (χ4n) is 3.75. The highest BCUT2D eigenvalue weighted by molar-refractivity contribution is 7.97. The molecule has 0 saturated carbocycles. The predicted molar refractivity (Wildman–Crippen MR) is 112 cm³/mol. The van der Waals surface area contributed by atoms with Crippen molar-refractivity contribution in [1.29, 1.82) is 0 Å². The Morgan fingerprint density at radius 1 is 1.26 bits per heavy atom. The Hall–Kier alpha value is -1.72. The molecule has 2 heterocycles. The Morgan fingerprint density at radius 2 is 2.07 bits per heavy atom. The highest BCUT2D eigenvalue weighted by Gasteiger charge is 2.27. The van der Waals surface area contributed by atoms with Crippen LogP contribution in [-0.2, 0) is 12.2 Å². The average molecular weight is 387 g/mol. The maximum atomic E-state index is 12.8. The molecule has 1 atom stereocenters. The van der Waals surface area contributed by atoms with E-state index in [4.69, 9.17) is 4.42 Å². The molecule has 5 heteroatoms. The summed E-state index contributed by atoms with van der Waals surface area (Å²) in [5, 5.41) is 0. The third kappa shape index (κ3) is 5.63. The van der Waals surface area contributed by atoms with Crippen LogP contribution in [0.3, 0.4) is 0 Å². The molecular weight excluding hydrogens is 356 g/mol. The van der Waals surface area contributed by atoms with Crippen LogP contribution in [0.1, 0.15) is 41.1 Å². The molecule has 0 bridgehead atoms. The maximum Gasteiger partial charge on any atom is 0.289 e. The molecule has 1 aliphatic rings. The van der Waals surface area contributed by atoms with Crippen molar-refractivity contribution in [2.75, 3.05) is 32.9 Å². The fraction of sp³-hybridized carbons (Fsp3) is 0.500.